The van der Waals surface area contributed by atoms with E-state index < -0.39 is 45.1 Å². The molecule has 6 N–H and O–H groups in total. The predicted molar refractivity (Wildman–Crippen MR) is 46.9 cm³/mol. The molecule has 1 aliphatic rings. The van der Waals surface area contributed by atoms with Gasteiger partial charge in [0, 0.05) is 0 Å². The summed E-state index contributed by atoms with van der Waals surface area (Å²) < 4.78 is 18.9. The number of phosphoric ester groups is 1. The van der Waals surface area contributed by atoms with Gasteiger partial charge in [0.15, 0.2) is 11.9 Å². The van der Waals surface area contributed by atoms with E-state index in [1.807, 2.05) is 0 Å². The first-order chi connectivity index (χ1) is 7.17. The average Bonchev–Trinajstić information content (AvgIpc) is 2.17. The van der Waals surface area contributed by atoms with Crippen molar-refractivity contribution in [3.63, 3.8) is 0 Å². The fourth-order valence-corrected chi connectivity index (χ4v) is 1.62. The van der Waals surface area contributed by atoms with Crippen molar-refractivity contribution in [3.8, 4) is 0 Å². The fraction of sp³-hybridized carbons (Fsp3) is 1.00. The van der Waals surface area contributed by atoms with Crippen LogP contribution in [0.5, 0.6) is 0 Å². The summed E-state index contributed by atoms with van der Waals surface area (Å²) >= 11 is 0. The molecular weight excluding hydrogens is 247 g/mol. The van der Waals surface area contributed by atoms with E-state index in [2.05, 4.69) is 9.26 Å². The van der Waals surface area contributed by atoms with Crippen molar-refractivity contribution in [2.75, 3.05) is 13.2 Å². The normalized spacial score (nSPS) is 41.0. The lowest BCUT2D eigenvalue weighted by Crippen LogP contribution is -2.65. The van der Waals surface area contributed by atoms with Gasteiger partial charge in [-0.3, -0.25) is 4.52 Å². The molecule has 0 radical (unpaired) electrons. The van der Waals surface area contributed by atoms with Gasteiger partial charge in [-0.1, -0.05) is 0 Å². The second kappa shape index (κ2) is 4.65. The van der Waals surface area contributed by atoms with Crippen molar-refractivity contribution in [2.24, 2.45) is 0 Å². The van der Waals surface area contributed by atoms with Crippen LogP contribution in [-0.4, -0.2) is 67.5 Å². The Kier molecular flexibility index (Phi) is 4.06. The van der Waals surface area contributed by atoms with Crippen LogP contribution in [0.25, 0.3) is 0 Å². The lowest BCUT2D eigenvalue weighted by atomic mass is 9.90. The van der Waals surface area contributed by atoms with Gasteiger partial charge in [0.2, 0.25) is 0 Å². The van der Waals surface area contributed by atoms with Crippen LogP contribution in [0, 0.1) is 0 Å². The van der Waals surface area contributed by atoms with Crippen molar-refractivity contribution < 1.29 is 44.0 Å². The molecule has 1 heterocycles. The van der Waals surface area contributed by atoms with Gasteiger partial charge in [0.25, 0.3) is 0 Å². The topological polar surface area (TPSA) is 157 Å². The summed E-state index contributed by atoms with van der Waals surface area (Å²) in [5.41, 5.74) is -2.50. The van der Waals surface area contributed by atoms with Crippen LogP contribution in [0.1, 0.15) is 0 Å². The van der Waals surface area contributed by atoms with E-state index in [-0.39, 0.29) is 0 Å². The molecule has 1 rings (SSSR count). The van der Waals surface area contributed by atoms with Crippen molar-refractivity contribution >= 4 is 7.82 Å². The van der Waals surface area contributed by atoms with Gasteiger partial charge in [-0.05, 0) is 0 Å². The Labute approximate surface area is 90.1 Å². The van der Waals surface area contributed by atoms with Crippen LogP contribution in [0.2, 0.25) is 0 Å². The van der Waals surface area contributed by atoms with Gasteiger partial charge < -0.3 is 34.9 Å². The van der Waals surface area contributed by atoms with E-state index in [0.717, 1.165) is 0 Å². The standard InChI is InChI=1S/C6H13O9P/c7-3-1-14-5(9)6(10,4(3)8)2-15-16(11,12)13/h3-5,7-10H,1-2H2,(H2,11,12,13)/t3-,4-,5?,6-/m1/s1. The van der Waals surface area contributed by atoms with Gasteiger partial charge in [0.1, 0.15) is 12.2 Å². The Morgan fingerprint density at radius 3 is 2.44 bits per heavy atom. The zero-order valence-electron chi connectivity index (χ0n) is 8.00. The second-order valence-electron chi connectivity index (χ2n) is 3.45. The molecule has 0 bridgehead atoms. The molecule has 10 heteroatoms. The maximum Gasteiger partial charge on any atom is 0.469 e. The molecule has 1 unspecified atom stereocenters. The van der Waals surface area contributed by atoms with Crippen molar-refractivity contribution in [3.05, 3.63) is 0 Å². The highest BCUT2D eigenvalue weighted by Crippen LogP contribution is 2.38. The van der Waals surface area contributed by atoms with Crippen molar-refractivity contribution in [1.82, 2.24) is 0 Å². The number of aliphatic hydroxyl groups is 4. The van der Waals surface area contributed by atoms with Crippen LogP contribution in [0.4, 0.5) is 0 Å². The zero-order valence-corrected chi connectivity index (χ0v) is 8.90. The van der Waals surface area contributed by atoms with Gasteiger partial charge in [-0.25, -0.2) is 4.57 Å². The summed E-state index contributed by atoms with van der Waals surface area (Å²) in [7, 11) is -4.87. The lowest BCUT2D eigenvalue weighted by Gasteiger charge is -2.42. The first-order valence-corrected chi connectivity index (χ1v) is 5.78. The summed E-state index contributed by atoms with van der Waals surface area (Å²) in [5.74, 6) is 0. The number of rotatable bonds is 3. The number of hydrogen-bond acceptors (Lipinski definition) is 7. The van der Waals surface area contributed by atoms with Gasteiger partial charge in [-0.2, -0.15) is 0 Å². The Balaban J connectivity index is 2.75. The minimum Gasteiger partial charge on any atom is -0.388 e. The monoisotopic (exact) mass is 260 g/mol. The molecule has 4 atom stereocenters. The van der Waals surface area contributed by atoms with E-state index in [0.29, 0.717) is 0 Å². The average molecular weight is 260 g/mol. The van der Waals surface area contributed by atoms with Gasteiger partial charge >= 0.3 is 7.82 Å². The third-order valence-corrected chi connectivity index (χ3v) is 2.66. The van der Waals surface area contributed by atoms with Crippen LogP contribution in [0.3, 0.4) is 0 Å². The SMILES string of the molecule is O=P(O)(O)OC[C@]1(O)C(O)OC[C@@H](O)[C@H]1O. The predicted octanol–water partition coefficient (Wildman–Crippen LogP) is -3.10. The molecule has 9 nitrogen and oxygen atoms in total. The highest BCUT2D eigenvalue weighted by Gasteiger charge is 2.51. The molecule has 0 saturated carbocycles. The van der Waals surface area contributed by atoms with E-state index in [4.69, 9.17) is 14.9 Å². The summed E-state index contributed by atoms with van der Waals surface area (Å²) in [6.45, 7) is -1.50. The van der Waals surface area contributed by atoms with Crippen LogP contribution < -0.4 is 0 Å². The number of ether oxygens (including phenoxy) is 1. The summed E-state index contributed by atoms with van der Waals surface area (Å²) in [5, 5.41) is 37.5. The molecular formula is C6H13O9P. The van der Waals surface area contributed by atoms with E-state index in [9.17, 15) is 19.9 Å². The summed E-state index contributed by atoms with van der Waals surface area (Å²) in [4.78, 5) is 16.8. The molecule has 0 aromatic carbocycles. The Hall–Kier alpha value is -0.0900. The van der Waals surface area contributed by atoms with Gasteiger partial charge in [0.05, 0.1) is 13.2 Å². The number of aliphatic hydroxyl groups excluding tert-OH is 3. The smallest absolute Gasteiger partial charge is 0.388 e. The second-order valence-corrected chi connectivity index (χ2v) is 4.69. The molecule has 96 valence electrons. The van der Waals surface area contributed by atoms with Crippen molar-refractivity contribution in [1.29, 1.82) is 0 Å². The molecule has 1 fully saturated rings. The highest BCUT2D eigenvalue weighted by atomic mass is 31.2. The van der Waals surface area contributed by atoms with Gasteiger partial charge in [-0.15, -0.1) is 0 Å². The van der Waals surface area contributed by atoms with E-state index in [1.165, 1.54) is 0 Å². The Bertz CT molecular complexity index is 290. The minimum absolute atomic E-state index is 0.416. The third kappa shape index (κ3) is 2.98. The minimum atomic E-state index is -4.87. The van der Waals surface area contributed by atoms with Crippen LogP contribution >= 0.6 is 7.82 Å². The number of phosphoric acid groups is 1. The first-order valence-electron chi connectivity index (χ1n) is 4.25. The van der Waals surface area contributed by atoms with E-state index in [1.54, 1.807) is 0 Å². The quantitative estimate of drug-likeness (QED) is 0.289. The highest BCUT2D eigenvalue weighted by molar-refractivity contribution is 7.46. The largest absolute Gasteiger partial charge is 0.469 e. The molecule has 0 aromatic rings. The zero-order chi connectivity index (χ0) is 12.6. The first kappa shape index (κ1) is 14.0. The molecule has 0 aromatic heterocycles. The maximum atomic E-state index is 10.4. The maximum absolute atomic E-state index is 10.4. The fourth-order valence-electron chi connectivity index (χ4n) is 1.25. The van der Waals surface area contributed by atoms with Crippen LogP contribution in [-0.2, 0) is 13.8 Å². The summed E-state index contributed by atoms with van der Waals surface area (Å²) in [6, 6.07) is 0. The van der Waals surface area contributed by atoms with Crippen molar-refractivity contribution in [2.45, 2.75) is 24.1 Å². The Morgan fingerprint density at radius 2 is 1.94 bits per heavy atom. The van der Waals surface area contributed by atoms with Crippen LogP contribution in [0.15, 0.2) is 0 Å². The number of hydrogen-bond donors (Lipinski definition) is 6. The molecule has 0 aliphatic carbocycles. The summed E-state index contributed by atoms with van der Waals surface area (Å²) in [6.07, 6.45) is -5.26. The molecule has 0 spiro atoms. The Morgan fingerprint density at radius 1 is 1.38 bits per heavy atom. The lowest BCUT2D eigenvalue weighted by molar-refractivity contribution is -0.308. The van der Waals surface area contributed by atoms with E-state index >= 15 is 0 Å². The molecule has 1 aliphatic heterocycles. The molecule has 16 heavy (non-hydrogen) atoms. The third-order valence-electron chi connectivity index (χ3n) is 2.19. The molecule has 1 saturated heterocycles. The molecule has 0 amide bonds.